The number of rotatable bonds is 6. The first-order valence-corrected chi connectivity index (χ1v) is 6.89. The summed E-state index contributed by atoms with van der Waals surface area (Å²) in [6.07, 6.45) is 0. The summed E-state index contributed by atoms with van der Waals surface area (Å²) < 4.78 is 28.2. The van der Waals surface area contributed by atoms with Crippen LogP contribution in [0.2, 0.25) is 0 Å². The lowest BCUT2D eigenvalue weighted by molar-refractivity contribution is 0.371. The third-order valence-corrected chi connectivity index (χ3v) is 3.36. The van der Waals surface area contributed by atoms with E-state index in [4.69, 9.17) is 18.0 Å². The van der Waals surface area contributed by atoms with Crippen LogP contribution in [-0.2, 0) is 0 Å². The van der Waals surface area contributed by atoms with Crippen molar-refractivity contribution in [3.63, 3.8) is 0 Å². The minimum atomic E-state index is -0.981. The number of likely N-dealkylation sites (N-methyl/N-ethyl adjacent to an activating group) is 2. The van der Waals surface area contributed by atoms with Gasteiger partial charge in [-0.1, -0.05) is 12.2 Å². The number of nitrogens with two attached hydrogens (primary N) is 1. The highest BCUT2D eigenvalue weighted by Gasteiger charge is 2.21. The summed E-state index contributed by atoms with van der Waals surface area (Å²) in [5, 5.41) is 0. The highest BCUT2D eigenvalue weighted by molar-refractivity contribution is 7.80. The van der Waals surface area contributed by atoms with Crippen LogP contribution in [0.4, 0.5) is 14.5 Å². The first kappa shape index (κ1) is 16.8. The molecular weight excluding hydrogens is 280 g/mol. The van der Waals surface area contributed by atoms with Crippen molar-refractivity contribution >= 4 is 22.9 Å². The van der Waals surface area contributed by atoms with Crippen molar-refractivity contribution in [2.24, 2.45) is 5.73 Å². The Morgan fingerprint density at radius 3 is 2.35 bits per heavy atom. The molecule has 0 bridgehead atoms. The zero-order valence-corrected chi connectivity index (χ0v) is 13.1. The van der Waals surface area contributed by atoms with E-state index in [1.165, 1.54) is 12.1 Å². The average Bonchev–Trinajstić information content (AvgIpc) is 2.34. The van der Waals surface area contributed by atoms with Crippen LogP contribution < -0.4 is 10.6 Å². The van der Waals surface area contributed by atoms with Gasteiger partial charge in [0.2, 0.25) is 0 Å². The highest BCUT2D eigenvalue weighted by Crippen LogP contribution is 2.26. The standard InChI is InChI=1S/C14H21F2N3S/c1-5-19(9(2)8-18(3)4)11-7-6-10(14(17)20)12(15)13(11)16/h6-7,9H,5,8H2,1-4H3,(H2,17,20). The molecule has 1 aromatic carbocycles. The number of benzene rings is 1. The topological polar surface area (TPSA) is 32.5 Å². The first-order chi connectivity index (χ1) is 9.29. The largest absolute Gasteiger partial charge is 0.389 e. The number of hydrogen-bond acceptors (Lipinski definition) is 3. The van der Waals surface area contributed by atoms with Gasteiger partial charge >= 0.3 is 0 Å². The summed E-state index contributed by atoms with van der Waals surface area (Å²) in [6.45, 7) is 5.21. The SMILES string of the molecule is CCN(c1ccc(C(N)=S)c(F)c1F)C(C)CN(C)C. The molecule has 0 aromatic heterocycles. The zero-order valence-electron chi connectivity index (χ0n) is 12.3. The second-order valence-corrected chi connectivity index (χ2v) is 5.46. The molecule has 20 heavy (non-hydrogen) atoms. The van der Waals surface area contributed by atoms with Crippen LogP contribution >= 0.6 is 12.2 Å². The molecule has 3 nitrogen and oxygen atoms in total. The maximum absolute atomic E-state index is 14.2. The number of thiocarbonyl (C=S) groups is 1. The van der Waals surface area contributed by atoms with Gasteiger partial charge in [0.25, 0.3) is 0 Å². The van der Waals surface area contributed by atoms with E-state index in [9.17, 15) is 8.78 Å². The van der Waals surface area contributed by atoms with E-state index in [1.807, 2.05) is 37.7 Å². The fourth-order valence-electron chi connectivity index (χ4n) is 2.30. The quantitative estimate of drug-likeness (QED) is 0.818. The van der Waals surface area contributed by atoms with Crippen molar-refractivity contribution < 1.29 is 8.78 Å². The van der Waals surface area contributed by atoms with Crippen LogP contribution in [0.5, 0.6) is 0 Å². The normalized spacial score (nSPS) is 12.6. The predicted octanol–water partition coefficient (Wildman–Crippen LogP) is 2.38. The van der Waals surface area contributed by atoms with Crippen LogP contribution in [0.1, 0.15) is 19.4 Å². The highest BCUT2D eigenvalue weighted by atomic mass is 32.1. The van der Waals surface area contributed by atoms with E-state index >= 15 is 0 Å². The van der Waals surface area contributed by atoms with Crippen molar-refractivity contribution in [2.45, 2.75) is 19.9 Å². The van der Waals surface area contributed by atoms with Crippen molar-refractivity contribution in [2.75, 3.05) is 32.1 Å². The fourth-order valence-corrected chi connectivity index (χ4v) is 2.46. The van der Waals surface area contributed by atoms with Crippen LogP contribution in [-0.4, -0.2) is 43.1 Å². The van der Waals surface area contributed by atoms with E-state index in [0.29, 0.717) is 6.54 Å². The van der Waals surface area contributed by atoms with Gasteiger partial charge in [-0.25, -0.2) is 8.78 Å². The second-order valence-electron chi connectivity index (χ2n) is 5.02. The molecule has 1 atom stereocenters. The molecule has 1 rings (SSSR count). The van der Waals surface area contributed by atoms with Crippen LogP contribution in [0.3, 0.4) is 0 Å². The van der Waals surface area contributed by atoms with Crippen molar-refractivity contribution in [1.82, 2.24) is 4.90 Å². The molecule has 0 aliphatic carbocycles. The maximum atomic E-state index is 14.2. The minimum absolute atomic E-state index is 0.0552. The Hall–Kier alpha value is -1.27. The van der Waals surface area contributed by atoms with E-state index in [1.54, 1.807) is 0 Å². The van der Waals surface area contributed by atoms with Crippen molar-refractivity contribution in [3.8, 4) is 0 Å². The Kier molecular flexibility index (Phi) is 5.83. The summed E-state index contributed by atoms with van der Waals surface area (Å²) in [6, 6.07) is 3.02. The summed E-state index contributed by atoms with van der Waals surface area (Å²) >= 11 is 4.71. The Morgan fingerprint density at radius 1 is 1.30 bits per heavy atom. The Morgan fingerprint density at radius 2 is 1.90 bits per heavy atom. The zero-order chi connectivity index (χ0) is 15.4. The van der Waals surface area contributed by atoms with Gasteiger partial charge in [-0.2, -0.15) is 0 Å². The average molecular weight is 301 g/mol. The lowest BCUT2D eigenvalue weighted by Gasteiger charge is -2.32. The molecule has 0 spiro atoms. The summed E-state index contributed by atoms with van der Waals surface area (Å²) in [5.41, 5.74) is 5.55. The molecule has 0 fully saturated rings. The van der Waals surface area contributed by atoms with E-state index < -0.39 is 11.6 Å². The smallest absolute Gasteiger partial charge is 0.182 e. The van der Waals surface area contributed by atoms with Gasteiger partial charge in [-0.15, -0.1) is 0 Å². The molecule has 1 aromatic rings. The molecule has 0 aliphatic rings. The number of nitrogens with zero attached hydrogens (tertiary/aromatic N) is 2. The Bertz CT molecular complexity index is 492. The van der Waals surface area contributed by atoms with E-state index in [0.717, 1.165) is 6.54 Å². The molecule has 1 unspecified atom stereocenters. The molecule has 0 heterocycles. The molecule has 112 valence electrons. The van der Waals surface area contributed by atoms with Gasteiger partial charge < -0.3 is 15.5 Å². The number of halogens is 2. The first-order valence-electron chi connectivity index (χ1n) is 6.48. The Balaban J connectivity index is 3.17. The predicted molar refractivity (Wildman–Crippen MR) is 83.3 cm³/mol. The lowest BCUT2D eigenvalue weighted by atomic mass is 10.1. The second kappa shape index (κ2) is 6.95. The van der Waals surface area contributed by atoms with Gasteiger partial charge in [-0.3, -0.25) is 0 Å². The molecule has 0 radical (unpaired) electrons. The molecule has 6 heteroatoms. The molecule has 0 aliphatic heterocycles. The lowest BCUT2D eigenvalue weighted by Crippen LogP contribution is -2.40. The molecule has 0 saturated carbocycles. The molecule has 0 saturated heterocycles. The third kappa shape index (κ3) is 3.64. The third-order valence-electron chi connectivity index (χ3n) is 3.14. The molecular formula is C14H21F2N3S. The summed E-state index contributed by atoms with van der Waals surface area (Å²) in [4.78, 5) is 3.68. The van der Waals surface area contributed by atoms with Gasteiger partial charge in [0, 0.05) is 24.7 Å². The number of hydrogen-bond donors (Lipinski definition) is 1. The van der Waals surface area contributed by atoms with Crippen LogP contribution in [0.25, 0.3) is 0 Å². The van der Waals surface area contributed by atoms with Gasteiger partial charge in [0.1, 0.15) is 4.99 Å². The molecule has 0 amide bonds. The van der Waals surface area contributed by atoms with Crippen LogP contribution in [0, 0.1) is 11.6 Å². The minimum Gasteiger partial charge on any atom is -0.389 e. The van der Waals surface area contributed by atoms with E-state index in [-0.39, 0.29) is 22.3 Å². The van der Waals surface area contributed by atoms with Crippen LogP contribution in [0.15, 0.2) is 12.1 Å². The van der Waals surface area contributed by atoms with Crippen molar-refractivity contribution in [1.29, 1.82) is 0 Å². The van der Waals surface area contributed by atoms with Gasteiger partial charge in [-0.05, 0) is 40.1 Å². The fraction of sp³-hybridized carbons (Fsp3) is 0.500. The van der Waals surface area contributed by atoms with Gasteiger partial charge in [0.15, 0.2) is 11.6 Å². The molecule has 2 N–H and O–H groups in total. The van der Waals surface area contributed by atoms with Gasteiger partial charge in [0.05, 0.1) is 5.69 Å². The van der Waals surface area contributed by atoms with Crippen molar-refractivity contribution in [3.05, 3.63) is 29.3 Å². The summed E-state index contributed by atoms with van der Waals surface area (Å²) in [5.74, 6) is -1.88. The van der Waals surface area contributed by atoms with E-state index in [2.05, 4.69) is 0 Å². The monoisotopic (exact) mass is 301 g/mol. The number of anilines is 1. The maximum Gasteiger partial charge on any atom is 0.182 e. The summed E-state index contributed by atoms with van der Waals surface area (Å²) in [7, 11) is 3.88. The Labute approximate surface area is 124 Å².